The highest BCUT2D eigenvalue weighted by Gasteiger charge is 2.29. The van der Waals surface area contributed by atoms with E-state index in [9.17, 15) is 23.2 Å². The Morgan fingerprint density at radius 3 is 2.37 bits per heavy atom. The molecule has 0 unspecified atom stereocenters. The maximum Gasteiger partial charge on any atom is 0.258 e. The molecule has 0 radical (unpaired) electrons. The third-order valence-electron chi connectivity index (χ3n) is 7.96. The van der Waals surface area contributed by atoms with Gasteiger partial charge in [-0.15, -0.1) is 0 Å². The average Bonchev–Trinajstić information content (AvgIpc) is 3.56. The second-order valence-corrected chi connectivity index (χ2v) is 18.3. The Balaban J connectivity index is 1.50. The highest BCUT2D eigenvalue weighted by molar-refractivity contribution is 6.76. The molecule has 0 saturated heterocycles. The maximum absolute atomic E-state index is 14.0. The Hall–Kier alpha value is -3.51. The zero-order valence-corrected chi connectivity index (χ0v) is 26.6. The molecule has 43 heavy (non-hydrogen) atoms. The van der Waals surface area contributed by atoms with E-state index >= 15 is 0 Å². The Morgan fingerprint density at radius 1 is 1.07 bits per heavy atom. The molecule has 1 aliphatic carbocycles. The van der Waals surface area contributed by atoms with E-state index in [1.165, 1.54) is 15.8 Å². The highest BCUT2D eigenvalue weighted by atomic mass is 28.3. The van der Waals surface area contributed by atoms with Crippen LogP contribution in [0.3, 0.4) is 0 Å². The average molecular weight is 614 g/mol. The molecule has 0 spiro atoms. The zero-order valence-electron chi connectivity index (χ0n) is 25.6. The van der Waals surface area contributed by atoms with Crippen molar-refractivity contribution in [1.29, 1.82) is 0 Å². The Bertz CT molecular complexity index is 1440. The molecule has 0 bridgehead atoms. The van der Waals surface area contributed by atoms with E-state index < -0.39 is 31.4 Å². The van der Waals surface area contributed by atoms with Gasteiger partial charge in [-0.05, 0) is 69.3 Å². The number of benzene rings is 1. The van der Waals surface area contributed by atoms with Crippen LogP contribution in [-0.2, 0) is 22.8 Å². The lowest BCUT2D eigenvalue weighted by molar-refractivity contribution is -0.121. The summed E-state index contributed by atoms with van der Waals surface area (Å²) in [6.07, 6.45) is 6.20. The monoisotopic (exact) mass is 613 g/mol. The molecular weight excluding hydrogens is 572 g/mol. The number of ketones is 2. The summed E-state index contributed by atoms with van der Waals surface area (Å²) in [5.74, 6) is -2.19. The maximum atomic E-state index is 14.0. The minimum Gasteiger partial charge on any atom is -0.360 e. The van der Waals surface area contributed by atoms with Crippen LogP contribution in [0.5, 0.6) is 0 Å². The van der Waals surface area contributed by atoms with Crippen molar-refractivity contribution in [2.24, 2.45) is 5.92 Å². The van der Waals surface area contributed by atoms with Crippen molar-refractivity contribution in [3.63, 3.8) is 0 Å². The number of rotatable bonds is 13. The first-order valence-electron chi connectivity index (χ1n) is 14.7. The molecule has 12 heteroatoms. The molecule has 2 aromatic heterocycles. The van der Waals surface area contributed by atoms with Crippen LogP contribution in [-0.4, -0.2) is 63.2 Å². The SMILES string of the molecule is Cc1c(C(=O)N(CC(=O)c2ccn(COCC[Si](C)(C)C)n2)Cc2cc(F)cc(F)c2)cnn1[C@H]1CC[C@H](C(C)=O)CC1. The molecular formula is C31H41F2N5O4Si. The predicted octanol–water partition coefficient (Wildman–Crippen LogP) is 5.82. The molecule has 0 aliphatic heterocycles. The quantitative estimate of drug-likeness (QED) is 0.137. The third-order valence-corrected chi connectivity index (χ3v) is 9.66. The summed E-state index contributed by atoms with van der Waals surface area (Å²) in [4.78, 5) is 40.2. The van der Waals surface area contributed by atoms with Gasteiger partial charge in [0.2, 0.25) is 5.78 Å². The van der Waals surface area contributed by atoms with Gasteiger partial charge >= 0.3 is 0 Å². The first-order valence-corrected chi connectivity index (χ1v) is 18.4. The van der Waals surface area contributed by atoms with Crippen LogP contribution in [0, 0.1) is 24.5 Å². The number of amides is 1. The smallest absolute Gasteiger partial charge is 0.258 e. The van der Waals surface area contributed by atoms with Crippen molar-refractivity contribution in [3.05, 3.63) is 70.8 Å². The largest absolute Gasteiger partial charge is 0.360 e. The topological polar surface area (TPSA) is 99.3 Å². The van der Waals surface area contributed by atoms with Crippen molar-refractivity contribution in [2.75, 3.05) is 13.2 Å². The van der Waals surface area contributed by atoms with Crippen molar-refractivity contribution in [3.8, 4) is 0 Å². The summed E-state index contributed by atoms with van der Waals surface area (Å²) in [6, 6.07) is 5.67. The number of carbonyl (C=O) groups excluding carboxylic acids is 3. The van der Waals surface area contributed by atoms with Gasteiger partial charge in [-0.1, -0.05) is 19.6 Å². The van der Waals surface area contributed by atoms with Gasteiger partial charge in [0.05, 0.1) is 24.3 Å². The van der Waals surface area contributed by atoms with Crippen LogP contribution in [0.1, 0.15) is 70.8 Å². The number of Topliss-reactive ketones (excluding diaryl/α,β-unsaturated/α-hetero) is 2. The van der Waals surface area contributed by atoms with Gasteiger partial charge < -0.3 is 9.64 Å². The van der Waals surface area contributed by atoms with Crippen LogP contribution in [0.4, 0.5) is 8.78 Å². The second kappa shape index (κ2) is 13.9. The fraction of sp³-hybridized carbons (Fsp3) is 0.516. The number of hydrogen-bond donors (Lipinski definition) is 0. The van der Waals surface area contributed by atoms with Crippen LogP contribution < -0.4 is 0 Å². The molecule has 3 aromatic rings. The van der Waals surface area contributed by atoms with Crippen LogP contribution in [0.15, 0.2) is 36.7 Å². The lowest BCUT2D eigenvalue weighted by Gasteiger charge is -2.28. The predicted molar refractivity (Wildman–Crippen MR) is 160 cm³/mol. The minimum absolute atomic E-state index is 0.0569. The Labute approximate surface area is 252 Å². The molecule has 1 aromatic carbocycles. The van der Waals surface area contributed by atoms with Crippen molar-refractivity contribution in [1.82, 2.24) is 24.5 Å². The first kappa shape index (κ1) is 32.4. The molecule has 1 aliphatic rings. The van der Waals surface area contributed by atoms with Gasteiger partial charge in [0.15, 0.2) is 0 Å². The molecule has 4 rings (SSSR count). The van der Waals surface area contributed by atoms with E-state index in [0.717, 1.165) is 49.9 Å². The number of halogens is 2. The van der Waals surface area contributed by atoms with E-state index in [4.69, 9.17) is 4.74 Å². The van der Waals surface area contributed by atoms with Gasteiger partial charge in [0.25, 0.3) is 5.91 Å². The lowest BCUT2D eigenvalue weighted by Crippen LogP contribution is -2.36. The summed E-state index contributed by atoms with van der Waals surface area (Å²) in [5.41, 5.74) is 1.32. The van der Waals surface area contributed by atoms with E-state index in [1.807, 2.05) is 4.68 Å². The number of aromatic nitrogens is 4. The minimum atomic E-state index is -1.24. The molecule has 1 amide bonds. The summed E-state index contributed by atoms with van der Waals surface area (Å²) in [6.45, 7) is 10.5. The molecule has 1 saturated carbocycles. The number of ether oxygens (including phenoxy) is 1. The first-order chi connectivity index (χ1) is 20.3. The van der Waals surface area contributed by atoms with E-state index in [1.54, 1.807) is 26.1 Å². The standard InChI is InChI=1S/C31H41F2N5O4Si/c1-21-28(17-34-38(21)27-8-6-24(7-9-27)22(2)39)31(41)36(18-23-14-25(32)16-26(33)15-23)19-30(40)29-10-11-37(35-29)20-42-12-13-43(3,4)5/h10-11,14-17,24,27H,6-9,12-13,18-20H2,1-5H3/t24-,27-. The summed E-state index contributed by atoms with van der Waals surface area (Å²) in [7, 11) is -1.24. The second-order valence-electron chi connectivity index (χ2n) is 12.7. The van der Waals surface area contributed by atoms with Crippen LogP contribution in [0.2, 0.25) is 25.7 Å². The fourth-order valence-electron chi connectivity index (χ4n) is 5.39. The number of nitrogens with zero attached hydrogens (tertiary/aromatic N) is 5. The molecule has 9 nitrogen and oxygen atoms in total. The van der Waals surface area contributed by atoms with Gasteiger partial charge in [0.1, 0.15) is 29.8 Å². The Kier molecular flexibility index (Phi) is 10.4. The summed E-state index contributed by atoms with van der Waals surface area (Å²) < 4.78 is 37.1. The summed E-state index contributed by atoms with van der Waals surface area (Å²) >= 11 is 0. The normalized spacial score (nSPS) is 17.2. The van der Waals surface area contributed by atoms with E-state index in [2.05, 4.69) is 29.8 Å². The molecule has 2 heterocycles. The van der Waals surface area contributed by atoms with Crippen molar-refractivity contribution >= 4 is 25.5 Å². The molecule has 0 atom stereocenters. The number of hydrogen-bond acceptors (Lipinski definition) is 6. The lowest BCUT2D eigenvalue weighted by atomic mass is 9.84. The zero-order chi connectivity index (χ0) is 31.3. The van der Waals surface area contributed by atoms with E-state index in [0.29, 0.717) is 17.9 Å². The number of carbonyl (C=O) groups is 3. The van der Waals surface area contributed by atoms with Gasteiger partial charge in [-0.25, -0.2) is 13.5 Å². The molecule has 0 N–H and O–H groups in total. The third kappa shape index (κ3) is 8.76. The summed E-state index contributed by atoms with van der Waals surface area (Å²) in [5, 5.41) is 8.81. The molecule has 232 valence electrons. The van der Waals surface area contributed by atoms with Crippen molar-refractivity contribution < 1.29 is 27.9 Å². The Morgan fingerprint density at radius 2 is 1.74 bits per heavy atom. The van der Waals surface area contributed by atoms with Crippen molar-refractivity contribution in [2.45, 2.75) is 84.5 Å². The van der Waals surface area contributed by atoms with Crippen LogP contribution >= 0.6 is 0 Å². The van der Waals surface area contributed by atoms with Crippen LogP contribution in [0.25, 0.3) is 0 Å². The van der Waals surface area contributed by atoms with Gasteiger partial charge in [-0.3, -0.25) is 19.1 Å². The van der Waals surface area contributed by atoms with E-state index in [-0.39, 0.29) is 48.8 Å². The highest BCUT2D eigenvalue weighted by Crippen LogP contribution is 2.33. The van der Waals surface area contributed by atoms with Gasteiger partial charge in [-0.2, -0.15) is 10.2 Å². The van der Waals surface area contributed by atoms with Gasteiger partial charge in [0, 0.05) is 45.1 Å². The fourth-order valence-corrected chi connectivity index (χ4v) is 6.15. The molecule has 1 fully saturated rings.